The molecule has 0 bridgehead atoms. The Balaban J connectivity index is 2.11. The molecule has 0 aliphatic heterocycles. The van der Waals surface area contributed by atoms with E-state index in [2.05, 4.69) is 10.2 Å². The predicted octanol–water partition coefficient (Wildman–Crippen LogP) is 3.55. The largest absolute Gasteiger partial charge is 0.493 e. The molecule has 1 atom stereocenters. The van der Waals surface area contributed by atoms with Crippen LogP contribution in [-0.4, -0.2) is 45.2 Å². The summed E-state index contributed by atoms with van der Waals surface area (Å²) in [5, 5.41) is 12.4. The molecule has 10 nitrogen and oxygen atoms in total. The van der Waals surface area contributed by atoms with E-state index in [0.29, 0.717) is 40.5 Å². The van der Waals surface area contributed by atoms with E-state index in [1.807, 2.05) is 18.4 Å². The number of ether oxygens (including phenoxy) is 3. The number of carbonyl (C=O) groups excluding carboxylic acids is 1. The number of nitrogens with zero attached hydrogens (tertiary/aromatic N) is 1. The Labute approximate surface area is 207 Å². The number of rotatable bonds is 10. The van der Waals surface area contributed by atoms with Crippen molar-refractivity contribution in [2.45, 2.75) is 36.6 Å². The van der Waals surface area contributed by atoms with Gasteiger partial charge in [-0.25, -0.2) is 0 Å². The van der Waals surface area contributed by atoms with Crippen LogP contribution in [0.2, 0.25) is 0 Å². The average molecular weight is 505 g/mol. The maximum absolute atomic E-state index is 12.9. The van der Waals surface area contributed by atoms with Crippen LogP contribution in [0.3, 0.4) is 0 Å². The number of amides is 1. The van der Waals surface area contributed by atoms with Crippen LogP contribution in [0, 0.1) is 10.1 Å². The first-order chi connectivity index (χ1) is 16.8. The number of fused-ring (bicyclic) bond motifs is 3. The fraction of sp³-hybridized carbons (Fsp3) is 0.417. The Bertz CT molecular complexity index is 1170. The van der Waals surface area contributed by atoms with Gasteiger partial charge in [-0.15, -0.1) is 21.9 Å². The van der Waals surface area contributed by atoms with Gasteiger partial charge in [0.25, 0.3) is 5.09 Å². The Morgan fingerprint density at radius 3 is 2.54 bits per heavy atom. The second-order valence-electron chi connectivity index (χ2n) is 7.78. The molecule has 1 amide bonds. The summed E-state index contributed by atoms with van der Waals surface area (Å²) >= 11 is 1.34. The van der Waals surface area contributed by atoms with E-state index in [9.17, 15) is 19.7 Å². The van der Waals surface area contributed by atoms with E-state index < -0.39 is 11.1 Å². The van der Waals surface area contributed by atoms with E-state index in [1.165, 1.54) is 18.9 Å². The molecule has 11 heteroatoms. The second kappa shape index (κ2) is 11.8. The highest BCUT2D eigenvalue weighted by Gasteiger charge is 2.29. The van der Waals surface area contributed by atoms with Crippen LogP contribution in [0.5, 0.6) is 17.2 Å². The Kier molecular flexibility index (Phi) is 8.80. The highest BCUT2D eigenvalue weighted by Crippen LogP contribution is 2.50. The fourth-order valence-electron chi connectivity index (χ4n) is 4.26. The number of nitrogens with one attached hydrogen (secondary N) is 1. The molecule has 3 rings (SSSR count). The third kappa shape index (κ3) is 5.79. The van der Waals surface area contributed by atoms with Crippen molar-refractivity contribution in [3.63, 3.8) is 0 Å². The van der Waals surface area contributed by atoms with Crippen molar-refractivity contribution in [1.29, 1.82) is 0 Å². The summed E-state index contributed by atoms with van der Waals surface area (Å²) in [7, 11) is 4.63. The van der Waals surface area contributed by atoms with Gasteiger partial charge >= 0.3 is 0 Å². The molecule has 1 aliphatic rings. The Morgan fingerprint density at radius 2 is 1.91 bits per heavy atom. The summed E-state index contributed by atoms with van der Waals surface area (Å²) in [5.41, 5.74) is 2.96. The monoisotopic (exact) mass is 504 g/mol. The Hall–Kier alpha value is -3.47. The van der Waals surface area contributed by atoms with Gasteiger partial charge in [0.15, 0.2) is 16.9 Å². The third-order valence-electron chi connectivity index (χ3n) is 5.80. The van der Waals surface area contributed by atoms with Crippen LogP contribution in [0.25, 0.3) is 11.1 Å². The lowest BCUT2D eigenvalue weighted by molar-refractivity contribution is -0.757. The molecule has 188 valence electrons. The molecular formula is C24H28N2O8S. The van der Waals surface area contributed by atoms with Crippen molar-refractivity contribution in [1.82, 2.24) is 5.32 Å². The number of benzene rings is 1. The normalized spacial score (nSPS) is 14.1. The molecule has 0 saturated carbocycles. The van der Waals surface area contributed by atoms with Gasteiger partial charge in [0, 0.05) is 12.0 Å². The van der Waals surface area contributed by atoms with Gasteiger partial charge in [-0.2, -0.15) is 0 Å². The first kappa shape index (κ1) is 26.1. The summed E-state index contributed by atoms with van der Waals surface area (Å²) in [6.45, 7) is -0.166. The molecule has 0 unspecified atom stereocenters. The third-order valence-corrected chi connectivity index (χ3v) is 6.58. The number of hydrogen-bond acceptors (Lipinski definition) is 9. The molecule has 0 fully saturated rings. The lowest BCUT2D eigenvalue weighted by Gasteiger charge is -2.20. The van der Waals surface area contributed by atoms with Crippen molar-refractivity contribution in [2.75, 3.05) is 34.2 Å². The standard InChI is InChI=1S/C24H28N2O8S/c1-31-19-12-14-7-9-17(25-21(28)6-5-11-34-26(29)30)16-13-18(27)20(35-4)10-8-15(16)22(14)24(33-3)23(19)32-2/h8,10,12-13,17H,5-7,9,11H2,1-4H3,(H,25,28)/t17-/m0/s1. The molecule has 35 heavy (non-hydrogen) atoms. The number of thioether (sulfide) groups is 1. The molecular weight excluding hydrogens is 476 g/mol. The lowest BCUT2D eigenvalue weighted by Crippen LogP contribution is -2.29. The summed E-state index contributed by atoms with van der Waals surface area (Å²) < 4.78 is 16.9. The minimum atomic E-state index is -0.883. The van der Waals surface area contributed by atoms with E-state index in [4.69, 9.17) is 14.2 Å². The van der Waals surface area contributed by atoms with Gasteiger partial charge in [0.2, 0.25) is 11.7 Å². The topological polar surface area (TPSA) is 126 Å². The number of hydrogen-bond donors (Lipinski definition) is 1. The molecule has 0 aromatic heterocycles. The molecule has 0 radical (unpaired) electrons. The van der Waals surface area contributed by atoms with Crippen LogP contribution in [0.15, 0.2) is 34.0 Å². The van der Waals surface area contributed by atoms with Crippen molar-refractivity contribution >= 4 is 17.7 Å². The SMILES string of the molecule is COc1cc2c(c(OC)c1OC)-c1ccc(SC)c(=O)cc1[C@@H](NC(=O)CCCO[N+](=O)[O-])CC2. The minimum absolute atomic E-state index is 0.0524. The molecule has 2 aromatic carbocycles. The summed E-state index contributed by atoms with van der Waals surface area (Å²) in [6, 6.07) is 6.63. The van der Waals surface area contributed by atoms with E-state index in [1.54, 1.807) is 26.4 Å². The zero-order valence-corrected chi connectivity index (χ0v) is 20.9. The van der Waals surface area contributed by atoms with Gasteiger partial charge in [0.05, 0.1) is 38.9 Å². The van der Waals surface area contributed by atoms with E-state index in [-0.39, 0.29) is 30.8 Å². The van der Waals surface area contributed by atoms with Crippen LogP contribution in [-0.2, 0) is 16.1 Å². The quantitative estimate of drug-likeness (QED) is 0.224. The van der Waals surface area contributed by atoms with Gasteiger partial charge in [-0.1, -0.05) is 6.07 Å². The van der Waals surface area contributed by atoms with Crippen molar-refractivity contribution in [3.8, 4) is 28.4 Å². The predicted molar refractivity (Wildman–Crippen MR) is 131 cm³/mol. The van der Waals surface area contributed by atoms with E-state index in [0.717, 1.165) is 16.7 Å². The summed E-state index contributed by atoms with van der Waals surface area (Å²) in [4.78, 5) is 40.8. The summed E-state index contributed by atoms with van der Waals surface area (Å²) in [5.74, 6) is 1.15. The minimum Gasteiger partial charge on any atom is -0.493 e. The maximum Gasteiger partial charge on any atom is 0.294 e. The van der Waals surface area contributed by atoms with Crippen LogP contribution < -0.4 is 25.0 Å². The Morgan fingerprint density at radius 1 is 1.17 bits per heavy atom. The zero-order chi connectivity index (χ0) is 25.5. The van der Waals surface area contributed by atoms with Gasteiger partial charge in [-0.05, 0) is 60.4 Å². The van der Waals surface area contributed by atoms with Crippen LogP contribution >= 0.6 is 11.8 Å². The first-order valence-electron chi connectivity index (χ1n) is 11.0. The molecule has 0 spiro atoms. The van der Waals surface area contributed by atoms with Crippen LogP contribution in [0.1, 0.15) is 36.4 Å². The molecule has 2 aromatic rings. The van der Waals surface area contributed by atoms with Crippen LogP contribution in [0.4, 0.5) is 0 Å². The second-order valence-corrected chi connectivity index (χ2v) is 8.63. The highest BCUT2D eigenvalue weighted by atomic mass is 32.2. The van der Waals surface area contributed by atoms with Crippen molar-refractivity contribution < 1.29 is 28.9 Å². The molecule has 0 heterocycles. The van der Waals surface area contributed by atoms with Gasteiger partial charge in [0.1, 0.15) is 0 Å². The van der Waals surface area contributed by atoms with Gasteiger partial charge < -0.3 is 24.4 Å². The highest BCUT2D eigenvalue weighted by molar-refractivity contribution is 7.98. The number of carbonyl (C=O) groups is 1. The van der Waals surface area contributed by atoms with Crippen molar-refractivity contribution in [2.24, 2.45) is 0 Å². The summed E-state index contributed by atoms with van der Waals surface area (Å²) in [6.07, 6.45) is 3.17. The zero-order valence-electron chi connectivity index (χ0n) is 20.0. The average Bonchev–Trinajstić information content (AvgIpc) is 3.09. The lowest BCUT2D eigenvalue weighted by atomic mass is 9.95. The molecule has 0 saturated heterocycles. The fourth-order valence-corrected chi connectivity index (χ4v) is 4.72. The smallest absolute Gasteiger partial charge is 0.294 e. The van der Waals surface area contributed by atoms with E-state index >= 15 is 0 Å². The molecule has 1 aliphatic carbocycles. The number of aryl methyl sites for hydroxylation is 1. The number of methoxy groups -OCH3 is 3. The van der Waals surface area contributed by atoms with Gasteiger partial charge in [-0.3, -0.25) is 9.59 Å². The van der Waals surface area contributed by atoms with Crippen molar-refractivity contribution in [3.05, 3.63) is 55.7 Å². The first-order valence-corrected chi connectivity index (χ1v) is 12.2. The molecule has 1 N–H and O–H groups in total. The maximum atomic E-state index is 12.9.